The molecule has 0 saturated heterocycles. The smallest absolute Gasteiger partial charge is 0.310 e. The van der Waals surface area contributed by atoms with Gasteiger partial charge in [-0.05, 0) is 37.1 Å². The van der Waals surface area contributed by atoms with Gasteiger partial charge >= 0.3 is 5.97 Å². The average molecular weight is 397 g/mol. The van der Waals surface area contributed by atoms with Crippen LogP contribution >= 0.6 is 11.6 Å². The summed E-state index contributed by atoms with van der Waals surface area (Å²) in [6.45, 7) is 8.12. The zero-order chi connectivity index (χ0) is 20.6. The van der Waals surface area contributed by atoms with E-state index in [9.17, 15) is 14.4 Å². The largest absolute Gasteiger partial charge is 0.469 e. The van der Waals surface area contributed by atoms with Crippen LogP contribution in [0.25, 0.3) is 0 Å². The molecule has 1 rings (SSSR count). The molecule has 7 heteroatoms. The van der Waals surface area contributed by atoms with Crippen molar-refractivity contribution in [2.24, 2.45) is 11.8 Å². The Hall–Kier alpha value is -2.08. The molecule has 3 atom stereocenters. The number of hydrogen-bond donors (Lipinski definition) is 1. The summed E-state index contributed by atoms with van der Waals surface area (Å²) in [5, 5.41) is 3.38. The van der Waals surface area contributed by atoms with Gasteiger partial charge in [0.15, 0.2) is 0 Å². The zero-order valence-corrected chi connectivity index (χ0v) is 17.4. The molecular weight excluding hydrogens is 368 g/mol. The second kappa shape index (κ2) is 10.9. The quantitative estimate of drug-likeness (QED) is 0.650. The molecule has 0 aromatic heterocycles. The minimum Gasteiger partial charge on any atom is -0.469 e. The van der Waals surface area contributed by atoms with Crippen LogP contribution < -0.4 is 5.32 Å². The molecule has 2 amide bonds. The van der Waals surface area contributed by atoms with E-state index in [2.05, 4.69) is 5.32 Å². The van der Waals surface area contributed by atoms with E-state index in [0.717, 1.165) is 6.42 Å². The van der Waals surface area contributed by atoms with Crippen molar-refractivity contribution in [1.29, 1.82) is 0 Å². The number of amides is 2. The van der Waals surface area contributed by atoms with E-state index in [-0.39, 0.29) is 30.2 Å². The Morgan fingerprint density at radius 1 is 1.15 bits per heavy atom. The molecule has 0 aliphatic heterocycles. The molecule has 0 fully saturated rings. The SMILES string of the molecule is CCC(C)C(NC(=O)c1ccc(Cl)cc1)C(=O)N(CC)CC(C)C(=O)OC. The lowest BCUT2D eigenvalue weighted by molar-refractivity contribution is -0.146. The minimum absolute atomic E-state index is 0.0590. The summed E-state index contributed by atoms with van der Waals surface area (Å²) in [4.78, 5) is 38.9. The summed E-state index contributed by atoms with van der Waals surface area (Å²) in [5.41, 5.74) is 0.437. The maximum absolute atomic E-state index is 13.1. The molecule has 27 heavy (non-hydrogen) atoms. The van der Waals surface area contributed by atoms with Crippen LogP contribution in [0.2, 0.25) is 5.02 Å². The highest BCUT2D eigenvalue weighted by molar-refractivity contribution is 6.30. The Morgan fingerprint density at radius 2 is 1.74 bits per heavy atom. The Kier molecular flexibility index (Phi) is 9.29. The monoisotopic (exact) mass is 396 g/mol. The van der Waals surface area contributed by atoms with Gasteiger partial charge in [-0.25, -0.2) is 0 Å². The number of nitrogens with zero attached hydrogens (tertiary/aromatic N) is 1. The standard InChI is InChI=1S/C20H29ClN2O4/c1-6-13(3)17(22-18(24)15-8-10-16(21)11-9-15)19(25)23(7-2)12-14(4)20(26)27-5/h8-11,13-14,17H,6-7,12H2,1-5H3,(H,22,24). The number of carbonyl (C=O) groups excluding carboxylic acids is 3. The molecular formula is C20H29ClN2O4. The van der Waals surface area contributed by atoms with E-state index in [0.29, 0.717) is 17.1 Å². The summed E-state index contributed by atoms with van der Waals surface area (Å²) >= 11 is 5.86. The van der Waals surface area contributed by atoms with Gasteiger partial charge in [-0.1, -0.05) is 38.8 Å². The molecule has 1 aromatic rings. The topological polar surface area (TPSA) is 75.7 Å². The molecule has 0 bridgehead atoms. The lowest BCUT2D eigenvalue weighted by Gasteiger charge is -2.31. The van der Waals surface area contributed by atoms with Crippen molar-refractivity contribution in [2.75, 3.05) is 20.2 Å². The average Bonchev–Trinajstić information content (AvgIpc) is 2.68. The number of methoxy groups -OCH3 is 1. The van der Waals surface area contributed by atoms with Crippen molar-refractivity contribution < 1.29 is 19.1 Å². The van der Waals surface area contributed by atoms with E-state index in [1.165, 1.54) is 7.11 Å². The molecule has 3 unspecified atom stereocenters. The maximum Gasteiger partial charge on any atom is 0.310 e. The molecule has 0 radical (unpaired) electrons. The number of halogens is 1. The van der Waals surface area contributed by atoms with Gasteiger partial charge in [0.05, 0.1) is 13.0 Å². The summed E-state index contributed by atoms with van der Waals surface area (Å²) in [6.07, 6.45) is 0.724. The molecule has 0 aliphatic carbocycles. The lowest BCUT2D eigenvalue weighted by atomic mass is 9.96. The van der Waals surface area contributed by atoms with Crippen LogP contribution in [-0.2, 0) is 14.3 Å². The number of rotatable bonds is 9. The van der Waals surface area contributed by atoms with Crippen molar-refractivity contribution in [3.63, 3.8) is 0 Å². The summed E-state index contributed by atoms with van der Waals surface area (Å²) in [6, 6.07) is 5.82. The molecule has 150 valence electrons. The van der Waals surface area contributed by atoms with Crippen LogP contribution in [0, 0.1) is 11.8 Å². The van der Waals surface area contributed by atoms with Gasteiger partial charge in [-0.3, -0.25) is 14.4 Å². The van der Waals surface area contributed by atoms with Gasteiger partial charge in [-0.15, -0.1) is 0 Å². The molecule has 6 nitrogen and oxygen atoms in total. The first-order valence-electron chi connectivity index (χ1n) is 9.18. The van der Waals surface area contributed by atoms with Crippen LogP contribution in [0.3, 0.4) is 0 Å². The molecule has 0 heterocycles. The lowest BCUT2D eigenvalue weighted by Crippen LogP contribution is -2.52. The first-order valence-corrected chi connectivity index (χ1v) is 9.55. The van der Waals surface area contributed by atoms with Gasteiger partial charge < -0.3 is 15.0 Å². The highest BCUT2D eigenvalue weighted by atomic mass is 35.5. The van der Waals surface area contributed by atoms with Crippen molar-refractivity contribution in [3.8, 4) is 0 Å². The number of esters is 1. The number of hydrogen-bond acceptors (Lipinski definition) is 4. The van der Waals surface area contributed by atoms with Crippen LogP contribution in [0.4, 0.5) is 0 Å². The normalized spacial score (nSPS) is 14.0. The van der Waals surface area contributed by atoms with Gasteiger partial charge in [0, 0.05) is 23.7 Å². The number of likely N-dealkylation sites (N-methyl/N-ethyl adjacent to an activating group) is 1. The van der Waals surface area contributed by atoms with E-state index >= 15 is 0 Å². The fourth-order valence-electron chi connectivity index (χ4n) is 2.69. The van der Waals surface area contributed by atoms with Gasteiger partial charge in [-0.2, -0.15) is 0 Å². The van der Waals surface area contributed by atoms with Crippen molar-refractivity contribution >= 4 is 29.4 Å². The van der Waals surface area contributed by atoms with Crippen molar-refractivity contribution in [3.05, 3.63) is 34.9 Å². The van der Waals surface area contributed by atoms with E-state index in [1.807, 2.05) is 20.8 Å². The third-order valence-corrected chi connectivity index (χ3v) is 4.92. The number of benzene rings is 1. The molecule has 1 aromatic carbocycles. The van der Waals surface area contributed by atoms with Crippen LogP contribution in [0.1, 0.15) is 44.5 Å². The van der Waals surface area contributed by atoms with E-state index in [1.54, 1.807) is 36.1 Å². The predicted molar refractivity (Wildman–Crippen MR) is 106 cm³/mol. The van der Waals surface area contributed by atoms with Gasteiger partial charge in [0.2, 0.25) is 5.91 Å². The van der Waals surface area contributed by atoms with Gasteiger partial charge in [0.1, 0.15) is 6.04 Å². The third-order valence-electron chi connectivity index (χ3n) is 4.66. The molecule has 1 N–H and O–H groups in total. The summed E-state index contributed by atoms with van der Waals surface area (Å²) in [5.74, 6) is -1.40. The Bertz CT molecular complexity index is 648. The fourth-order valence-corrected chi connectivity index (χ4v) is 2.81. The van der Waals surface area contributed by atoms with Crippen LogP contribution in [-0.4, -0.2) is 48.9 Å². The van der Waals surface area contributed by atoms with Crippen molar-refractivity contribution in [1.82, 2.24) is 10.2 Å². The number of carbonyl (C=O) groups is 3. The minimum atomic E-state index is -0.678. The Morgan fingerprint density at radius 3 is 2.22 bits per heavy atom. The highest BCUT2D eigenvalue weighted by Gasteiger charge is 2.31. The molecule has 0 saturated carbocycles. The second-order valence-electron chi connectivity index (χ2n) is 6.64. The van der Waals surface area contributed by atoms with Crippen LogP contribution in [0.15, 0.2) is 24.3 Å². The summed E-state index contributed by atoms with van der Waals surface area (Å²) < 4.78 is 4.74. The van der Waals surface area contributed by atoms with Crippen molar-refractivity contribution in [2.45, 2.75) is 40.2 Å². The first-order chi connectivity index (χ1) is 12.7. The predicted octanol–water partition coefficient (Wildman–Crippen LogP) is 3.14. The molecule has 0 spiro atoms. The fraction of sp³-hybridized carbons (Fsp3) is 0.550. The number of nitrogens with one attached hydrogen (secondary N) is 1. The van der Waals surface area contributed by atoms with E-state index < -0.39 is 12.0 Å². The van der Waals surface area contributed by atoms with Crippen LogP contribution in [0.5, 0.6) is 0 Å². The molecule has 0 aliphatic rings. The Labute approximate surface area is 166 Å². The second-order valence-corrected chi connectivity index (χ2v) is 7.08. The number of ether oxygens (including phenoxy) is 1. The maximum atomic E-state index is 13.1. The van der Waals surface area contributed by atoms with E-state index in [4.69, 9.17) is 16.3 Å². The van der Waals surface area contributed by atoms with Gasteiger partial charge in [0.25, 0.3) is 5.91 Å². The zero-order valence-electron chi connectivity index (χ0n) is 16.6. The Balaban J connectivity index is 2.96. The highest BCUT2D eigenvalue weighted by Crippen LogP contribution is 2.15. The summed E-state index contributed by atoms with van der Waals surface area (Å²) in [7, 11) is 1.32. The first kappa shape index (κ1) is 23.0. The third kappa shape index (κ3) is 6.54.